The van der Waals surface area contributed by atoms with Crippen LogP contribution in [0.1, 0.15) is 18.4 Å². The topological polar surface area (TPSA) is 56.0 Å². The minimum Gasteiger partial charge on any atom is -0.336 e. The van der Waals surface area contributed by atoms with Crippen LogP contribution in [-0.2, 0) is 24.9 Å². The summed E-state index contributed by atoms with van der Waals surface area (Å²) in [4.78, 5) is 18.7. The third kappa shape index (κ3) is 3.05. The summed E-state index contributed by atoms with van der Waals surface area (Å²) in [5.41, 5.74) is 0.940. The molecule has 2 aromatic heterocycles. The van der Waals surface area contributed by atoms with Crippen LogP contribution in [0.3, 0.4) is 0 Å². The van der Waals surface area contributed by atoms with Gasteiger partial charge in [0.25, 0.3) is 5.92 Å². The fourth-order valence-electron chi connectivity index (χ4n) is 3.97. The summed E-state index contributed by atoms with van der Waals surface area (Å²) in [5.74, 6) is -4.02. The molecule has 2 aliphatic carbocycles. The number of fused-ring (bicyclic) bond motifs is 1. The van der Waals surface area contributed by atoms with Crippen molar-refractivity contribution in [3.05, 3.63) is 36.7 Å². The van der Waals surface area contributed by atoms with E-state index in [1.165, 1.54) is 0 Å². The number of imidazole rings is 1. The number of nitrogens with zero attached hydrogens (tertiary/aromatic N) is 5. The molecule has 0 aliphatic heterocycles. The van der Waals surface area contributed by atoms with E-state index in [1.807, 2.05) is 24.0 Å². The van der Waals surface area contributed by atoms with Gasteiger partial charge in [0.15, 0.2) is 0 Å². The third-order valence-corrected chi connectivity index (χ3v) is 5.42. The zero-order valence-corrected chi connectivity index (χ0v) is 14.1. The van der Waals surface area contributed by atoms with E-state index in [4.69, 9.17) is 0 Å². The van der Waals surface area contributed by atoms with Gasteiger partial charge >= 0.3 is 0 Å². The molecule has 0 radical (unpaired) electrons. The van der Waals surface area contributed by atoms with Gasteiger partial charge in [0.2, 0.25) is 5.91 Å². The second-order valence-electron chi connectivity index (χ2n) is 7.14. The van der Waals surface area contributed by atoms with Crippen molar-refractivity contribution < 1.29 is 13.6 Å². The fourth-order valence-corrected chi connectivity index (χ4v) is 3.97. The second-order valence-corrected chi connectivity index (χ2v) is 7.14. The van der Waals surface area contributed by atoms with Crippen LogP contribution in [0.5, 0.6) is 0 Å². The number of aromatic nitrogens is 4. The largest absolute Gasteiger partial charge is 0.336 e. The number of aryl methyl sites for hydroxylation is 1. The highest BCUT2D eigenvalue weighted by Gasteiger charge is 2.72. The van der Waals surface area contributed by atoms with Crippen LogP contribution in [0.4, 0.5) is 8.78 Å². The zero-order chi connectivity index (χ0) is 17.6. The molecule has 134 valence electrons. The first-order valence-corrected chi connectivity index (χ1v) is 8.55. The summed E-state index contributed by atoms with van der Waals surface area (Å²) in [6.45, 7) is 1.59. The van der Waals surface area contributed by atoms with E-state index < -0.39 is 17.8 Å². The third-order valence-electron chi connectivity index (χ3n) is 5.42. The van der Waals surface area contributed by atoms with Gasteiger partial charge in [0.1, 0.15) is 0 Å². The summed E-state index contributed by atoms with van der Waals surface area (Å²) in [5, 5.41) is 4.14. The first-order valence-electron chi connectivity index (χ1n) is 8.55. The minimum atomic E-state index is -2.54. The second kappa shape index (κ2) is 5.93. The highest BCUT2D eigenvalue weighted by molar-refractivity contribution is 5.79. The van der Waals surface area contributed by atoms with Crippen molar-refractivity contribution in [2.75, 3.05) is 6.54 Å². The average Bonchev–Trinajstić information content (AvgIpc) is 3.16. The van der Waals surface area contributed by atoms with Crippen molar-refractivity contribution in [3.63, 3.8) is 0 Å². The maximum absolute atomic E-state index is 13.4. The highest BCUT2D eigenvalue weighted by atomic mass is 19.3. The van der Waals surface area contributed by atoms with Crippen LogP contribution < -0.4 is 0 Å². The van der Waals surface area contributed by atoms with E-state index >= 15 is 0 Å². The Morgan fingerprint density at radius 1 is 1.40 bits per heavy atom. The van der Waals surface area contributed by atoms with Crippen LogP contribution in [0.25, 0.3) is 0 Å². The van der Waals surface area contributed by atoms with Gasteiger partial charge in [-0.05, 0) is 12.8 Å². The van der Waals surface area contributed by atoms with Crippen LogP contribution >= 0.6 is 0 Å². The summed E-state index contributed by atoms with van der Waals surface area (Å²) in [7, 11) is 1.83. The van der Waals surface area contributed by atoms with Crippen molar-refractivity contribution in [1.82, 2.24) is 24.2 Å². The molecule has 0 saturated heterocycles. The first kappa shape index (κ1) is 16.2. The molecular formula is C17H21F2N5O. The first-order chi connectivity index (χ1) is 11.9. The maximum atomic E-state index is 13.4. The lowest BCUT2D eigenvalue weighted by molar-refractivity contribution is -0.137. The van der Waals surface area contributed by atoms with Gasteiger partial charge in [0, 0.05) is 68.6 Å². The number of halogens is 2. The van der Waals surface area contributed by atoms with Crippen molar-refractivity contribution >= 4 is 5.91 Å². The van der Waals surface area contributed by atoms with Crippen molar-refractivity contribution in [2.45, 2.75) is 31.9 Å². The molecule has 0 N–H and O–H groups in total. The maximum Gasteiger partial charge on any atom is 0.254 e. The Bertz CT molecular complexity index is 743. The molecule has 4 rings (SSSR count). The standard InChI is InChI=1S/C17H21F2N5O/c1-22-9-12(8-21-22)10-24(5-4-23-3-2-20-11-23)16(25)13-6-14-15(7-13)17(14,18)19/h2-3,8-9,11,13-15H,4-7,10H2,1H3/t13?,14-,15+. The minimum absolute atomic E-state index is 0.0213. The van der Waals surface area contributed by atoms with Crippen molar-refractivity contribution in [2.24, 2.45) is 24.8 Å². The molecule has 25 heavy (non-hydrogen) atoms. The van der Waals surface area contributed by atoms with E-state index in [0.717, 1.165) is 5.56 Å². The number of alkyl halides is 2. The van der Waals surface area contributed by atoms with E-state index in [0.29, 0.717) is 32.5 Å². The van der Waals surface area contributed by atoms with Crippen LogP contribution in [-0.4, -0.2) is 42.6 Å². The lowest BCUT2D eigenvalue weighted by Gasteiger charge is -2.26. The summed E-state index contributed by atoms with van der Waals surface area (Å²) >= 11 is 0. The Morgan fingerprint density at radius 2 is 2.16 bits per heavy atom. The summed E-state index contributed by atoms with van der Waals surface area (Å²) in [6, 6.07) is 0. The van der Waals surface area contributed by atoms with Gasteiger partial charge in [-0.15, -0.1) is 0 Å². The Kier molecular flexibility index (Phi) is 3.85. The molecule has 3 atom stereocenters. The van der Waals surface area contributed by atoms with Gasteiger partial charge in [-0.1, -0.05) is 0 Å². The molecule has 8 heteroatoms. The van der Waals surface area contributed by atoms with E-state index in [2.05, 4.69) is 10.1 Å². The van der Waals surface area contributed by atoms with Gasteiger partial charge in [-0.25, -0.2) is 13.8 Å². The van der Waals surface area contributed by atoms with Gasteiger partial charge in [0.05, 0.1) is 12.5 Å². The predicted molar refractivity (Wildman–Crippen MR) is 85.5 cm³/mol. The summed E-state index contributed by atoms with van der Waals surface area (Å²) in [6.07, 6.45) is 9.47. The molecule has 2 aliphatic rings. The quantitative estimate of drug-likeness (QED) is 0.801. The zero-order valence-electron chi connectivity index (χ0n) is 14.1. The molecule has 0 spiro atoms. The average molecular weight is 349 g/mol. The predicted octanol–water partition coefficient (Wildman–Crippen LogP) is 1.94. The number of carbonyl (C=O) groups is 1. The summed E-state index contributed by atoms with van der Waals surface area (Å²) < 4.78 is 30.4. The molecule has 2 aromatic rings. The molecule has 0 aromatic carbocycles. The Morgan fingerprint density at radius 3 is 2.76 bits per heavy atom. The molecule has 2 saturated carbocycles. The fraction of sp³-hybridized carbons (Fsp3) is 0.588. The Balaban J connectivity index is 1.43. The number of hydrogen-bond donors (Lipinski definition) is 0. The number of amides is 1. The van der Waals surface area contributed by atoms with Gasteiger partial charge < -0.3 is 9.47 Å². The Hall–Kier alpha value is -2.25. The van der Waals surface area contributed by atoms with E-state index in [9.17, 15) is 13.6 Å². The SMILES string of the molecule is Cn1cc(CN(CCn2ccnc2)C(=O)C2C[C@@H]3[C@H](C2)C3(F)F)cn1. The Labute approximate surface area is 144 Å². The smallest absolute Gasteiger partial charge is 0.254 e. The van der Waals surface area contributed by atoms with E-state index in [-0.39, 0.29) is 11.8 Å². The number of carbonyl (C=O) groups excluding carboxylic acids is 1. The molecule has 2 heterocycles. The molecule has 1 unspecified atom stereocenters. The van der Waals surface area contributed by atoms with Crippen molar-refractivity contribution in [3.8, 4) is 0 Å². The van der Waals surface area contributed by atoms with Gasteiger partial charge in [-0.2, -0.15) is 5.10 Å². The molecule has 6 nitrogen and oxygen atoms in total. The monoisotopic (exact) mass is 349 g/mol. The molecule has 2 fully saturated rings. The van der Waals surface area contributed by atoms with Crippen LogP contribution in [0.2, 0.25) is 0 Å². The lowest BCUT2D eigenvalue weighted by atomic mass is 10.0. The number of hydrogen-bond acceptors (Lipinski definition) is 3. The van der Waals surface area contributed by atoms with Gasteiger partial charge in [-0.3, -0.25) is 9.48 Å². The van der Waals surface area contributed by atoms with Crippen LogP contribution in [0.15, 0.2) is 31.1 Å². The van der Waals surface area contributed by atoms with Crippen molar-refractivity contribution in [1.29, 1.82) is 0 Å². The van der Waals surface area contributed by atoms with E-state index in [1.54, 1.807) is 28.3 Å². The molecule has 1 amide bonds. The molecule has 0 bridgehead atoms. The number of rotatable bonds is 6. The molecular weight excluding hydrogens is 328 g/mol. The highest BCUT2D eigenvalue weighted by Crippen LogP contribution is 2.65. The normalized spacial score (nSPS) is 26.4. The lowest BCUT2D eigenvalue weighted by Crippen LogP contribution is -2.38. The van der Waals surface area contributed by atoms with Crippen LogP contribution in [0, 0.1) is 17.8 Å².